The molecule has 1 N–H and O–H groups in total. The number of anilines is 1. The van der Waals surface area contributed by atoms with Crippen molar-refractivity contribution in [2.24, 2.45) is 0 Å². The molecule has 5 heteroatoms. The second kappa shape index (κ2) is 7.09. The lowest BCUT2D eigenvalue weighted by atomic mass is 9.82. The molecule has 0 amide bonds. The normalized spacial score (nSPS) is 17.0. The van der Waals surface area contributed by atoms with Crippen LogP contribution in [-0.4, -0.2) is 22.3 Å². The van der Waals surface area contributed by atoms with E-state index in [-0.39, 0.29) is 11.7 Å². The van der Waals surface area contributed by atoms with Gasteiger partial charge in [-0.05, 0) is 30.4 Å². The zero-order chi connectivity index (χ0) is 16.2. The Balaban J connectivity index is 1.84. The van der Waals surface area contributed by atoms with Crippen LogP contribution < -0.4 is 5.32 Å². The summed E-state index contributed by atoms with van der Waals surface area (Å²) in [6.45, 7) is 2.99. The Morgan fingerprint density at radius 1 is 1.30 bits per heavy atom. The summed E-state index contributed by atoms with van der Waals surface area (Å²) in [6, 6.07) is 7.72. The molecule has 1 heterocycles. The number of rotatable bonds is 5. The smallest absolute Gasteiger partial charge is 0.222 e. The maximum absolute atomic E-state index is 12.4. The summed E-state index contributed by atoms with van der Waals surface area (Å²) in [5.74, 6) is 0.781. The summed E-state index contributed by atoms with van der Waals surface area (Å²) in [6.07, 6.45) is 5.02. The molecule has 0 fully saturated rings. The highest BCUT2D eigenvalue weighted by molar-refractivity contribution is 6.31. The number of Topliss-reactive ketones (excluding diaryl/α,β-unsaturated/α-hetero) is 1. The second-order valence-electron chi connectivity index (χ2n) is 5.88. The van der Waals surface area contributed by atoms with Crippen molar-refractivity contribution >= 4 is 23.3 Å². The Labute approximate surface area is 141 Å². The number of ketones is 1. The number of benzene rings is 1. The number of hydrogen-bond acceptors (Lipinski definition) is 4. The highest BCUT2D eigenvalue weighted by atomic mass is 35.5. The molecule has 0 radical (unpaired) electrons. The molecular weight excluding hydrogens is 310 g/mol. The van der Waals surface area contributed by atoms with E-state index >= 15 is 0 Å². The zero-order valence-corrected chi connectivity index (χ0v) is 13.9. The van der Waals surface area contributed by atoms with Gasteiger partial charge in [-0.15, -0.1) is 0 Å². The van der Waals surface area contributed by atoms with Crippen LogP contribution in [0, 0.1) is 0 Å². The van der Waals surface area contributed by atoms with E-state index in [0.717, 1.165) is 37.1 Å². The molecule has 0 bridgehead atoms. The molecule has 2 aromatic rings. The summed E-state index contributed by atoms with van der Waals surface area (Å²) < 4.78 is 0. The summed E-state index contributed by atoms with van der Waals surface area (Å²) in [4.78, 5) is 21.2. The van der Waals surface area contributed by atoms with Crippen LogP contribution in [0.3, 0.4) is 0 Å². The van der Waals surface area contributed by atoms with Crippen molar-refractivity contribution in [2.75, 3.05) is 11.9 Å². The molecule has 1 aliphatic carbocycles. The monoisotopic (exact) mass is 329 g/mol. The van der Waals surface area contributed by atoms with Crippen molar-refractivity contribution < 1.29 is 4.79 Å². The Bertz CT molecular complexity index is 717. The van der Waals surface area contributed by atoms with Crippen LogP contribution in [0.5, 0.6) is 0 Å². The van der Waals surface area contributed by atoms with Gasteiger partial charge in [0.05, 0.1) is 11.3 Å². The average molecular weight is 330 g/mol. The zero-order valence-electron chi connectivity index (χ0n) is 13.2. The SMILES string of the molecule is CCCCNc1ncc2c(n1)C[C@H](c1ccccc1Cl)CC2=O. The number of carbonyl (C=O) groups is 1. The lowest BCUT2D eigenvalue weighted by Gasteiger charge is -2.24. The highest BCUT2D eigenvalue weighted by Crippen LogP contribution is 2.35. The minimum Gasteiger partial charge on any atom is -0.354 e. The summed E-state index contributed by atoms with van der Waals surface area (Å²) in [7, 11) is 0. The van der Waals surface area contributed by atoms with Crippen molar-refractivity contribution in [2.45, 2.75) is 38.5 Å². The molecular formula is C18H20ClN3O. The van der Waals surface area contributed by atoms with Gasteiger partial charge in [0.1, 0.15) is 0 Å². The Morgan fingerprint density at radius 2 is 2.13 bits per heavy atom. The predicted molar refractivity (Wildman–Crippen MR) is 92.3 cm³/mol. The lowest BCUT2D eigenvalue weighted by Crippen LogP contribution is -2.21. The molecule has 3 rings (SSSR count). The molecule has 120 valence electrons. The molecule has 1 aromatic heterocycles. The van der Waals surface area contributed by atoms with Crippen molar-refractivity contribution in [3.05, 3.63) is 52.3 Å². The second-order valence-corrected chi connectivity index (χ2v) is 6.29. The van der Waals surface area contributed by atoms with E-state index in [1.807, 2.05) is 24.3 Å². The number of fused-ring (bicyclic) bond motifs is 1. The summed E-state index contributed by atoms with van der Waals surface area (Å²) in [5, 5.41) is 3.93. The summed E-state index contributed by atoms with van der Waals surface area (Å²) in [5.41, 5.74) is 2.49. The van der Waals surface area contributed by atoms with Gasteiger partial charge in [-0.2, -0.15) is 0 Å². The first-order valence-electron chi connectivity index (χ1n) is 8.06. The molecule has 0 spiro atoms. The van der Waals surface area contributed by atoms with E-state index in [4.69, 9.17) is 11.6 Å². The first-order chi connectivity index (χ1) is 11.2. The van der Waals surface area contributed by atoms with Crippen molar-refractivity contribution in [1.29, 1.82) is 0 Å². The minimum atomic E-state index is 0.0853. The largest absolute Gasteiger partial charge is 0.354 e. The van der Waals surface area contributed by atoms with Crippen LogP contribution in [0.1, 0.15) is 53.7 Å². The van der Waals surface area contributed by atoms with Crippen LogP contribution in [0.4, 0.5) is 5.95 Å². The predicted octanol–water partition coefficient (Wildman–Crippen LogP) is 4.25. The van der Waals surface area contributed by atoms with Gasteiger partial charge in [-0.1, -0.05) is 43.1 Å². The standard InChI is InChI=1S/C18H20ClN3O/c1-2-3-8-20-18-21-11-14-16(22-18)9-12(10-17(14)23)13-6-4-5-7-15(13)19/h4-7,11-12H,2-3,8-10H2,1H3,(H,20,21,22)/t12-/m0/s1. The molecule has 1 aromatic carbocycles. The average Bonchev–Trinajstić information content (AvgIpc) is 2.55. The van der Waals surface area contributed by atoms with E-state index in [0.29, 0.717) is 23.0 Å². The molecule has 0 unspecified atom stereocenters. The number of unbranched alkanes of at least 4 members (excludes halogenated alkanes) is 1. The van der Waals surface area contributed by atoms with Gasteiger partial charge >= 0.3 is 0 Å². The van der Waals surface area contributed by atoms with Gasteiger partial charge < -0.3 is 5.32 Å². The number of hydrogen-bond donors (Lipinski definition) is 1. The fraction of sp³-hybridized carbons (Fsp3) is 0.389. The number of aromatic nitrogens is 2. The number of halogens is 1. The number of nitrogens with one attached hydrogen (secondary N) is 1. The maximum atomic E-state index is 12.4. The third-order valence-electron chi connectivity index (χ3n) is 4.20. The molecule has 1 atom stereocenters. The third-order valence-corrected chi connectivity index (χ3v) is 4.54. The van der Waals surface area contributed by atoms with E-state index in [1.165, 1.54) is 0 Å². The van der Waals surface area contributed by atoms with Crippen molar-refractivity contribution in [1.82, 2.24) is 9.97 Å². The first-order valence-corrected chi connectivity index (χ1v) is 8.44. The minimum absolute atomic E-state index is 0.0853. The van der Waals surface area contributed by atoms with E-state index < -0.39 is 0 Å². The van der Waals surface area contributed by atoms with Crippen LogP contribution in [0.2, 0.25) is 5.02 Å². The molecule has 0 aliphatic heterocycles. The van der Waals surface area contributed by atoms with Crippen LogP contribution in [0.15, 0.2) is 30.5 Å². The van der Waals surface area contributed by atoms with Gasteiger partial charge in [-0.3, -0.25) is 4.79 Å². The van der Waals surface area contributed by atoms with Crippen molar-refractivity contribution in [3.8, 4) is 0 Å². The van der Waals surface area contributed by atoms with Gasteiger partial charge in [-0.25, -0.2) is 9.97 Å². The van der Waals surface area contributed by atoms with Crippen LogP contribution in [-0.2, 0) is 6.42 Å². The molecule has 0 saturated carbocycles. The fourth-order valence-corrected chi connectivity index (χ4v) is 3.22. The Morgan fingerprint density at radius 3 is 2.91 bits per heavy atom. The number of carbonyl (C=O) groups excluding carboxylic acids is 1. The number of nitrogens with zero attached hydrogens (tertiary/aromatic N) is 2. The molecule has 23 heavy (non-hydrogen) atoms. The maximum Gasteiger partial charge on any atom is 0.222 e. The van der Waals surface area contributed by atoms with E-state index in [9.17, 15) is 4.79 Å². The van der Waals surface area contributed by atoms with E-state index in [2.05, 4.69) is 22.2 Å². The topological polar surface area (TPSA) is 54.9 Å². The summed E-state index contributed by atoms with van der Waals surface area (Å²) >= 11 is 6.29. The fourth-order valence-electron chi connectivity index (χ4n) is 2.93. The molecule has 4 nitrogen and oxygen atoms in total. The quantitative estimate of drug-likeness (QED) is 0.833. The molecule has 0 saturated heterocycles. The lowest BCUT2D eigenvalue weighted by molar-refractivity contribution is 0.0963. The third kappa shape index (κ3) is 3.53. The Hall–Kier alpha value is -1.94. The Kier molecular flexibility index (Phi) is 4.91. The van der Waals surface area contributed by atoms with Gasteiger partial charge in [0, 0.05) is 24.2 Å². The van der Waals surface area contributed by atoms with Gasteiger partial charge in [0.25, 0.3) is 0 Å². The van der Waals surface area contributed by atoms with Gasteiger partial charge in [0.15, 0.2) is 5.78 Å². The van der Waals surface area contributed by atoms with Crippen LogP contribution in [0.25, 0.3) is 0 Å². The van der Waals surface area contributed by atoms with Crippen molar-refractivity contribution in [3.63, 3.8) is 0 Å². The molecule has 1 aliphatic rings. The van der Waals surface area contributed by atoms with Gasteiger partial charge in [0.2, 0.25) is 5.95 Å². The van der Waals surface area contributed by atoms with E-state index in [1.54, 1.807) is 6.20 Å². The highest BCUT2D eigenvalue weighted by Gasteiger charge is 2.29. The van der Waals surface area contributed by atoms with Crippen LogP contribution >= 0.6 is 11.6 Å². The first kappa shape index (κ1) is 15.9.